The fraction of sp³-hybridized carbons (Fsp3) is 0.538. The van der Waals surface area contributed by atoms with E-state index in [2.05, 4.69) is 5.32 Å². The van der Waals surface area contributed by atoms with Gasteiger partial charge in [0.25, 0.3) is 0 Å². The van der Waals surface area contributed by atoms with Crippen LogP contribution in [0.5, 0.6) is 0 Å². The van der Waals surface area contributed by atoms with Crippen LogP contribution in [-0.2, 0) is 9.84 Å². The molecule has 7 heteroatoms. The van der Waals surface area contributed by atoms with Gasteiger partial charge in [-0.15, -0.1) is 0 Å². The van der Waals surface area contributed by atoms with Crippen LogP contribution in [0, 0.1) is 5.92 Å². The molecule has 0 saturated heterocycles. The minimum absolute atomic E-state index is 0.0467. The first-order chi connectivity index (χ1) is 9.22. The fourth-order valence-corrected chi connectivity index (χ4v) is 3.84. The van der Waals surface area contributed by atoms with Crippen LogP contribution in [0.4, 0.5) is 0 Å². The molecule has 1 aromatic carbocycles. The fourth-order valence-electron chi connectivity index (χ4n) is 1.66. The molecule has 0 aromatic heterocycles. The average Bonchev–Trinajstić information content (AvgIpc) is 2.31. The number of hydrogen-bond acceptors (Lipinski definition) is 4. The zero-order valence-electron chi connectivity index (χ0n) is 11.4. The second-order valence-electron chi connectivity index (χ2n) is 5.06. The lowest BCUT2D eigenvalue weighted by Gasteiger charge is -2.14. The molecule has 0 amide bonds. The first-order valence-electron chi connectivity index (χ1n) is 6.29. The Kier molecular flexibility index (Phi) is 6.75. The largest absolute Gasteiger partial charge is 0.391 e. The molecule has 0 radical (unpaired) electrons. The van der Waals surface area contributed by atoms with Crippen molar-refractivity contribution in [1.29, 1.82) is 0 Å². The summed E-state index contributed by atoms with van der Waals surface area (Å²) in [6.07, 6.45) is -0.992. The zero-order chi connectivity index (χ0) is 15.3. The van der Waals surface area contributed by atoms with E-state index in [1.54, 1.807) is 0 Å². The van der Waals surface area contributed by atoms with Gasteiger partial charge in [-0.3, -0.25) is 0 Å². The predicted octanol–water partition coefficient (Wildman–Crippen LogP) is 2.37. The Bertz CT molecular complexity index is 547. The molecule has 0 saturated carbocycles. The first-order valence-corrected chi connectivity index (χ1v) is 8.70. The third kappa shape index (κ3) is 5.58. The van der Waals surface area contributed by atoms with Crippen molar-refractivity contribution >= 4 is 33.0 Å². The highest BCUT2D eigenvalue weighted by molar-refractivity contribution is 7.91. The number of sulfone groups is 1. The molecule has 0 fully saturated rings. The minimum Gasteiger partial charge on any atom is -0.391 e. The standard InChI is InChI=1S/C13H19Cl2NO3S/c1-9(2)6-16-7-11(17)8-20(18,19)13-5-10(14)3-4-12(13)15/h3-5,9,11,16-17H,6-8H2,1-2H3. The van der Waals surface area contributed by atoms with Crippen LogP contribution >= 0.6 is 23.2 Å². The number of rotatable bonds is 7. The van der Waals surface area contributed by atoms with Gasteiger partial charge in [0.15, 0.2) is 9.84 Å². The molecule has 114 valence electrons. The Labute approximate surface area is 130 Å². The number of aliphatic hydroxyl groups excluding tert-OH is 1. The van der Waals surface area contributed by atoms with Gasteiger partial charge in [-0.2, -0.15) is 0 Å². The summed E-state index contributed by atoms with van der Waals surface area (Å²) in [5, 5.41) is 13.2. The van der Waals surface area contributed by atoms with Gasteiger partial charge in [-0.05, 0) is 30.7 Å². The van der Waals surface area contributed by atoms with Crippen molar-refractivity contribution in [1.82, 2.24) is 5.32 Å². The lowest BCUT2D eigenvalue weighted by molar-refractivity contribution is 0.192. The number of hydrogen-bond donors (Lipinski definition) is 2. The molecule has 0 bridgehead atoms. The van der Waals surface area contributed by atoms with E-state index >= 15 is 0 Å². The molecule has 1 atom stereocenters. The molecule has 0 aliphatic rings. The first kappa shape index (κ1) is 17.7. The lowest BCUT2D eigenvalue weighted by Crippen LogP contribution is -2.34. The molecule has 0 aliphatic carbocycles. The molecule has 1 aromatic rings. The van der Waals surface area contributed by atoms with E-state index in [4.69, 9.17) is 23.2 Å². The van der Waals surface area contributed by atoms with Crippen molar-refractivity contribution in [2.24, 2.45) is 5.92 Å². The quantitative estimate of drug-likeness (QED) is 0.800. The van der Waals surface area contributed by atoms with Crippen LogP contribution in [0.2, 0.25) is 10.0 Å². The second-order valence-corrected chi connectivity index (χ2v) is 7.91. The Morgan fingerprint density at radius 3 is 2.50 bits per heavy atom. The zero-order valence-corrected chi connectivity index (χ0v) is 13.8. The molecule has 0 aliphatic heterocycles. The maximum absolute atomic E-state index is 12.2. The Hall–Kier alpha value is -0.330. The highest BCUT2D eigenvalue weighted by atomic mass is 35.5. The summed E-state index contributed by atoms with van der Waals surface area (Å²) in [7, 11) is -3.67. The van der Waals surface area contributed by atoms with Gasteiger partial charge in [0.1, 0.15) is 0 Å². The van der Waals surface area contributed by atoms with Crippen LogP contribution in [0.1, 0.15) is 13.8 Å². The molecule has 4 nitrogen and oxygen atoms in total. The summed E-state index contributed by atoms with van der Waals surface area (Å²) >= 11 is 11.7. The van der Waals surface area contributed by atoms with E-state index in [-0.39, 0.29) is 16.5 Å². The second kappa shape index (κ2) is 7.61. The molecule has 2 N–H and O–H groups in total. The Morgan fingerprint density at radius 1 is 1.25 bits per heavy atom. The summed E-state index contributed by atoms with van der Waals surface area (Å²) < 4.78 is 24.4. The van der Waals surface area contributed by atoms with E-state index in [0.717, 1.165) is 6.54 Å². The van der Waals surface area contributed by atoms with E-state index in [1.165, 1.54) is 18.2 Å². The van der Waals surface area contributed by atoms with Crippen LogP contribution in [0.3, 0.4) is 0 Å². The van der Waals surface area contributed by atoms with Gasteiger partial charge >= 0.3 is 0 Å². The van der Waals surface area contributed by atoms with E-state index in [1.807, 2.05) is 13.8 Å². The van der Waals surface area contributed by atoms with Crippen molar-refractivity contribution in [2.75, 3.05) is 18.8 Å². The predicted molar refractivity (Wildman–Crippen MR) is 82.2 cm³/mol. The summed E-state index contributed by atoms with van der Waals surface area (Å²) in [5.74, 6) is 0.0409. The van der Waals surface area contributed by atoms with Gasteiger partial charge in [-0.25, -0.2) is 8.42 Å². The third-order valence-electron chi connectivity index (χ3n) is 2.57. The smallest absolute Gasteiger partial charge is 0.182 e. The maximum Gasteiger partial charge on any atom is 0.182 e. The summed E-state index contributed by atoms with van der Waals surface area (Å²) in [6, 6.07) is 4.25. The Morgan fingerprint density at radius 2 is 1.90 bits per heavy atom. The molecule has 0 heterocycles. The van der Waals surface area contributed by atoms with E-state index < -0.39 is 21.7 Å². The van der Waals surface area contributed by atoms with Crippen LogP contribution in [-0.4, -0.2) is 38.5 Å². The van der Waals surface area contributed by atoms with Gasteiger partial charge in [0.05, 0.1) is 21.8 Å². The SMILES string of the molecule is CC(C)CNCC(O)CS(=O)(=O)c1cc(Cl)ccc1Cl. The molecule has 20 heavy (non-hydrogen) atoms. The van der Waals surface area contributed by atoms with E-state index in [0.29, 0.717) is 10.9 Å². The highest BCUT2D eigenvalue weighted by Gasteiger charge is 2.22. The third-order valence-corrected chi connectivity index (χ3v) is 5.08. The van der Waals surface area contributed by atoms with Gasteiger partial charge in [0.2, 0.25) is 0 Å². The molecule has 1 unspecified atom stereocenters. The van der Waals surface area contributed by atoms with Crippen molar-refractivity contribution in [3.63, 3.8) is 0 Å². The van der Waals surface area contributed by atoms with Crippen molar-refractivity contribution in [2.45, 2.75) is 24.8 Å². The topological polar surface area (TPSA) is 66.4 Å². The number of benzene rings is 1. The van der Waals surface area contributed by atoms with Gasteiger partial charge in [-0.1, -0.05) is 37.0 Å². The monoisotopic (exact) mass is 339 g/mol. The number of halogens is 2. The van der Waals surface area contributed by atoms with Crippen molar-refractivity contribution < 1.29 is 13.5 Å². The number of aliphatic hydroxyl groups is 1. The van der Waals surface area contributed by atoms with Crippen LogP contribution < -0.4 is 5.32 Å². The van der Waals surface area contributed by atoms with Gasteiger partial charge < -0.3 is 10.4 Å². The minimum atomic E-state index is -3.67. The molecular formula is C13H19Cl2NO3S. The summed E-state index contributed by atoms with van der Waals surface area (Å²) in [4.78, 5) is -0.0467. The molecule has 0 spiro atoms. The number of nitrogens with one attached hydrogen (secondary N) is 1. The van der Waals surface area contributed by atoms with Crippen molar-refractivity contribution in [3.05, 3.63) is 28.2 Å². The molecule has 1 rings (SSSR count). The van der Waals surface area contributed by atoms with Crippen molar-refractivity contribution in [3.8, 4) is 0 Å². The average molecular weight is 340 g/mol. The van der Waals surface area contributed by atoms with Crippen LogP contribution in [0.25, 0.3) is 0 Å². The lowest BCUT2D eigenvalue weighted by atomic mass is 10.2. The summed E-state index contributed by atoms with van der Waals surface area (Å²) in [5.41, 5.74) is 0. The highest BCUT2D eigenvalue weighted by Crippen LogP contribution is 2.26. The van der Waals surface area contributed by atoms with E-state index in [9.17, 15) is 13.5 Å². The van der Waals surface area contributed by atoms with Gasteiger partial charge in [0, 0.05) is 11.6 Å². The molecular weight excluding hydrogens is 321 g/mol. The normalized spacial score (nSPS) is 13.7. The maximum atomic E-state index is 12.2. The van der Waals surface area contributed by atoms with Crippen LogP contribution in [0.15, 0.2) is 23.1 Å². The Balaban J connectivity index is 2.72. The summed E-state index contributed by atoms with van der Waals surface area (Å²) in [6.45, 7) is 4.99.